The zero-order chi connectivity index (χ0) is 14.9. The van der Waals surface area contributed by atoms with Gasteiger partial charge in [-0.15, -0.1) is 0 Å². The minimum absolute atomic E-state index is 0.00830. The van der Waals surface area contributed by atoms with Crippen LogP contribution in [0.15, 0.2) is 30.3 Å². The van der Waals surface area contributed by atoms with E-state index in [-0.39, 0.29) is 11.7 Å². The van der Waals surface area contributed by atoms with E-state index in [9.17, 15) is 9.18 Å². The third kappa shape index (κ3) is 2.46. The lowest BCUT2D eigenvalue weighted by Gasteiger charge is -2.15. The van der Waals surface area contributed by atoms with Crippen molar-refractivity contribution in [1.82, 2.24) is 9.47 Å². The first-order chi connectivity index (χ1) is 9.45. The zero-order valence-corrected chi connectivity index (χ0v) is 12.3. The van der Waals surface area contributed by atoms with E-state index in [1.807, 2.05) is 31.4 Å². The molecule has 0 aliphatic rings. The molecule has 1 amide bonds. The average molecular weight is 274 g/mol. The van der Waals surface area contributed by atoms with Crippen LogP contribution in [0.2, 0.25) is 0 Å². The fourth-order valence-corrected chi connectivity index (χ4v) is 2.32. The molecule has 3 nitrogen and oxygen atoms in total. The van der Waals surface area contributed by atoms with Crippen molar-refractivity contribution in [3.05, 3.63) is 53.1 Å². The summed E-state index contributed by atoms with van der Waals surface area (Å²) in [5.41, 5.74) is 3.39. The second-order valence-electron chi connectivity index (χ2n) is 4.92. The van der Waals surface area contributed by atoms with Gasteiger partial charge in [-0.05, 0) is 51.1 Å². The fraction of sp³-hybridized carbons (Fsp3) is 0.312. The van der Waals surface area contributed by atoms with Crippen molar-refractivity contribution in [3.8, 4) is 5.69 Å². The maximum absolute atomic E-state index is 13.0. The second kappa shape index (κ2) is 5.49. The van der Waals surface area contributed by atoms with Gasteiger partial charge in [-0.1, -0.05) is 0 Å². The molecule has 0 aliphatic carbocycles. The maximum Gasteiger partial charge on any atom is 0.255 e. The highest BCUT2D eigenvalue weighted by atomic mass is 19.1. The van der Waals surface area contributed by atoms with Crippen LogP contribution in [0, 0.1) is 19.7 Å². The van der Waals surface area contributed by atoms with Crippen molar-refractivity contribution < 1.29 is 9.18 Å². The van der Waals surface area contributed by atoms with Gasteiger partial charge < -0.3 is 9.47 Å². The topological polar surface area (TPSA) is 25.2 Å². The van der Waals surface area contributed by atoms with Crippen LogP contribution in [-0.2, 0) is 0 Å². The third-order valence-electron chi connectivity index (χ3n) is 3.57. The second-order valence-corrected chi connectivity index (χ2v) is 4.92. The molecule has 2 rings (SSSR count). The van der Waals surface area contributed by atoms with E-state index in [2.05, 4.69) is 0 Å². The summed E-state index contributed by atoms with van der Waals surface area (Å²) in [5.74, 6) is -0.257. The number of aryl methyl sites for hydroxylation is 1. The fourth-order valence-electron chi connectivity index (χ4n) is 2.32. The Kier molecular flexibility index (Phi) is 3.93. The third-order valence-corrected chi connectivity index (χ3v) is 3.57. The number of hydrogen-bond donors (Lipinski definition) is 0. The quantitative estimate of drug-likeness (QED) is 0.843. The monoisotopic (exact) mass is 274 g/mol. The van der Waals surface area contributed by atoms with E-state index in [0.717, 1.165) is 17.1 Å². The molecule has 1 heterocycles. The Bertz CT molecular complexity index is 629. The Morgan fingerprint density at radius 3 is 2.40 bits per heavy atom. The molecule has 0 saturated heterocycles. The summed E-state index contributed by atoms with van der Waals surface area (Å²) in [6.45, 7) is 6.46. The van der Waals surface area contributed by atoms with Gasteiger partial charge in [-0.3, -0.25) is 4.79 Å². The molecule has 0 aliphatic heterocycles. The number of aromatic nitrogens is 1. The van der Waals surface area contributed by atoms with Gasteiger partial charge in [0.15, 0.2) is 0 Å². The van der Waals surface area contributed by atoms with E-state index in [4.69, 9.17) is 0 Å². The normalized spacial score (nSPS) is 10.7. The van der Waals surface area contributed by atoms with Crippen LogP contribution in [0.4, 0.5) is 4.39 Å². The summed E-state index contributed by atoms with van der Waals surface area (Å²) in [6.07, 6.45) is 0. The minimum atomic E-state index is -0.266. The van der Waals surface area contributed by atoms with Gasteiger partial charge in [0.1, 0.15) is 5.82 Å². The molecule has 1 aromatic heterocycles. The van der Waals surface area contributed by atoms with E-state index >= 15 is 0 Å². The van der Waals surface area contributed by atoms with E-state index < -0.39 is 0 Å². The highest BCUT2D eigenvalue weighted by molar-refractivity contribution is 5.95. The highest BCUT2D eigenvalue weighted by Crippen LogP contribution is 2.22. The van der Waals surface area contributed by atoms with Gasteiger partial charge in [0.25, 0.3) is 5.91 Å². The minimum Gasteiger partial charge on any atom is -0.342 e. The molecule has 0 saturated carbocycles. The summed E-state index contributed by atoms with van der Waals surface area (Å²) in [4.78, 5) is 14.0. The summed E-state index contributed by atoms with van der Waals surface area (Å²) in [7, 11) is 1.78. The van der Waals surface area contributed by atoms with Crippen LogP contribution in [0.5, 0.6) is 0 Å². The van der Waals surface area contributed by atoms with Gasteiger partial charge >= 0.3 is 0 Å². The molecule has 106 valence electrons. The van der Waals surface area contributed by atoms with Crippen molar-refractivity contribution in [2.75, 3.05) is 13.6 Å². The Morgan fingerprint density at radius 2 is 1.85 bits per heavy atom. The molecule has 0 radical (unpaired) electrons. The summed E-state index contributed by atoms with van der Waals surface area (Å²) in [6, 6.07) is 8.16. The van der Waals surface area contributed by atoms with E-state index in [0.29, 0.717) is 12.1 Å². The number of nitrogens with zero attached hydrogens (tertiary/aromatic N) is 2. The van der Waals surface area contributed by atoms with Crippen molar-refractivity contribution in [2.24, 2.45) is 0 Å². The van der Waals surface area contributed by atoms with E-state index in [1.54, 1.807) is 24.1 Å². The molecule has 0 bridgehead atoms. The summed E-state index contributed by atoms with van der Waals surface area (Å²) in [5, 5.41) is 0. The Hall–Kier alpha value is -2.10. The van der Waals surface area contributed by atoms with Crippen molar-refractivity contribution in [2.45, 2.75) is 20.8 Å². The van der Waals surface area contributed by atoms with Gasteiger partial charge in [0, 0.05) is 30.7 Å². The average Bonchev–Trinajstić information content (AvgIpc) is 2.73. The first-order valence-electron chi connectivity index (χ1n) is 6.66. The van der Waals surface area contributed by atoms with Crippen LogP contribution in [0.1, 0.15) is 28.7 Å². The smallest absolute Gasteiger partial charge is 0.255 e. The van der Waals surface area contributed by atoms with Crippen LogP contribution >= 0.6 is 0 Å². The number of halogens is 1. The lowest BCUT2D eigenvalue weighted by molar-refractivity contribution is 0.0801. The van der Waals surface area contributed by atoms with Crippen molar-refractivity contribution in [3.63, 3.8) is 0 Å². The summed E-state index contributed by atoms with van der Waals surface area (Å²) < 4.78 is 15.0. The molecule has 20 heavy (non-hydrogen) atoms. The Labute approximate surface area is 118 Å². The van der Waals surface area contributed by atoms with Gasteiger partial charge in [0.05, 0.1) is 5.56 Å². The Balaban J connectivity index is 2.49. The molecular formula is C16H19FN2O. The number of benzene rings is 1. The van der Waals surface area contributed by atoms with Gasteiger partial charge in [-0.2, -0.15) is 0 Å². The summed E-state index contributed by atoms with van der Waals surface area (Å²) >= 11 is 0. The zero-order valence-electron chi connectivity index (χ0n) is 12.3. The number of hydrogen-bond acceptors (Lipinski definition) is 1. The Morgan fingerprint density at radius 1 is 1.25 bits per heavy atom. The lowest BCUT2D eigenvalue weighted by Crippen LogP contribution is -2.26. The van der Waals surface area contributed by atoms with Crippen LogP contribution in [0.25, 0.3) is 5.69 Å². The molecule has 1 aromatic carbocycles. The van der Waals surface area contributed by atoms with Crippen molar-refractivity contribution >= 4 is 5.91 Å². The molecule has 0 unspecified atom stereocenters. The van der Waals surface area contributed by atoms with Gasteiger partial charge in [-0.25, -0.2) is 4.39 Å². The number of carbonyl (C=O) groups excluding carboxylic acids is 1. The van der Waals surface area contributed by atoms with Crippen LogP contribution in [-0.4, -0.2) is 29.0 Å². The molecular weight excluding hydrogens is 255 g/mol. The molecule has 0 spiro atoms. The van der Waals surface area contributed by atoms with E-state index in [1.165, 1.54) is 12.1 Å². The lowest BCUT2D eigenvalue weighted by atomic mass is 10.2. The molecule has 0 atom stereocenters. The first kappa shape index (κ1) is 14.3. The molecule has 4 heteroatoms. The standard InChI is InChI=1S/C16H19FN2O/c1-5-18(4)16(20)15-10-11(2)19(12(15)3)14-8-6-13(17)7-9-14/h6-10H,5H2,1-4H3. The molecule has 0 N–H and O–H groups in total. The van der Waals surface area contributed by atoms with Crippen molar-refractivity contribution in [1.29, 1.82) is 0 Å². The predicted molar refractivity (Wildman–Crippen MR) is 77.8 cm³/mol. The predicted octanol–water partition coefficient (Wildman–Crippen LogP) is 3.33. The molecule has 0 fully saturated rings. The first-order valence-corrected chi connectivity index (χ1v) is 6.66. The number of amides is 1. The molecule has 2 aromatic rings. The van der Waals surface area contributed by atoms with Crippen LogP contribution in [0.3, 0.4) is 0 Å². The SMILES string of the molecule is CCN(C)C(=O)c1cc(C)n(-c2ccc(F)cc2)c1C. The number of carbonyl (C=O) groups is 1. The van der Waals surface area contributed by atoms with Crippen LogP contribution < -0.4 is 0 Å². The van der Waals surface area contributed by atoms with Gasteiger partial charge in [0.2, 0.25) is 0 Å². The maximum atomic E-state index is 13.0. The highest BCUT2D eigenvalue weighted by Gasteiger charge is 2.18. The number of rotatable bonds is 3. The largest absolute Gasteiger partial charge is 0.342 e.